The highest BCUT2D eigenvalue weighted by Crippen LogP contribution is 2.56. The molecule has 0 saturated heterocycles. The lowest BCUT2D eigenvalue weighted by Crippen LogP contribution is -1.75. The predicted octanol–water partition coefficient (Wildman–Crippen LogP) is 38.6. The molecule has 28 aromatic rings. The zero-order valence-corrected chi connectivity index (χ0v) is 77.8. The SMILES string of the molecule is Cc1cc2c(cc(C)c3c2oc2c3oc3c4cc(C)sc4cc(C)c32)s1.Cc1cc2cc(C)c3c(sc4c3sc3c5sc(C)cc5cc(C)c34)c2s1.Cc1csc(-c2cc3c(ccc4c3oc3c5ccc6sc(-c7cc(C)cs7)cc6c5oc43)s2)c1.Cc1csc(-c2cc3ccc4c5oc6c(ccc7cc(-c8cc(C)cs8)sc76)c5oc4c3s2)c1. The zero-order valence-electron chi connectivity index (χ0n) is 66.3. The minimum absolute atomic E-state index is 0.846. The van der Waals surface area contributed by atoms with Crippen LogP contribution in [-0.2, 0) is 0 Å². The van der Waals surface area contributed by atoms with Crippen LogP contribution in [-0.4, -0.2) is 0 Å². The molecule has 28 rings (SSSR count). The first-order valence-electron chi connectivity index (χ1n) is 39.3. The van der Waals surface area contributed by atoms with E-state index in [0.717, 1.165) is 110 Å². The van der Waals surface area contributed by atoms with Crippen LogP contribution in [0.25, 0.3) is 249 Å². The maximum Gasteiger partial charge on any atom is 0.182 e. The highest BCUT2D eigenvalue weighted by molar-refractivity contribution is 7.40. The second-order valence-electron chi connectivity index (χ2n) is 32.0. The highest BCUT2D eigenvalue weighted by Gasteiger charge is 2.28. The minimum Gasteiger partial charge on any atom is -0.451 e. The molecule has 20 heterocycles. The molecule has 0 aliphatic rings. The molecular weight excluding hydrogens is 1750 g/mol. The molecule has 0 fully saturated rings. The van der Waals surface area contributed by atoms with Gasteiger partial charge in [-0.3, -0.25) is 0 Å². The fourth-order valence-electron chi connectivity index (χ4n) is 17.9. The molecule has 6 nitrogen and oxygen atoms in total. The van der Waals surface area contributed by atoms with Crippen molar-refractivity contribution in [3.8, 4) is 39.0 Å². The fourth-order valence-corrected chi connectivity index (χ4v) is 33.8. The standard InChI is InChI=1S/2C28H16O2S4.C22H16O2S2.C22H16S4/c1-13-7-21(31-11-13)23-9-17-19(33-23)5-3-15-25(17)29-28-16-4-6-20-18(26(16)30-27(15)28)10-24(34-20)22-8-14(2)12-32-22;1-13-7-19(31-11-13)21-9-15-3-5-17-23-24(29-25(17)27(15)33-21)18-6-4-16-10-22(20-8-14(2)12-32-20)34-28(16)26(18)30-23;1-9-5-15-13(7-11(3)25-15)19-17(9)21-22(23-19)18-10(2)6-16-14(20(18)24-21)8-12(4)26-16;1-9-5-13-7-11(3)23-17(13)19-15(9)21-22(25-19)16-10(2)6-14-8-12(4)24-18(14)20(16)26-21/h2*3-12H,1-2H3;2*5-8H,1-4H3. The Labute approximate surface area is 740 Å². The number of benzene rings is 8. The first-order valence-corrected chi connectivity index (χ1v) is 51.0. The molecule has 0 aliphatic carbocycles. The second kappa shape index (κ2) is 27.0. The van der Waals surface area contributed by atoms with Crippen molar-refractivity contribution in [3.05, 3.63) is 231 Å². The van der Waals surface area contributed by atoms with Gasteiger partial charge in [-0.2, -0.15) is 0 Å². The van der Waals surface area contributed by atoms with Crippen molar-refractivity contribution in [1.82, 2.24) is 0 Å². The van der Waals surface area contributed by atoms with Crippen molar-refractivity contribution in [2.75, 3.05) is 0 Å². The maximum absolute atomic E-state index is 6.54. The number of fused-ring (bicyclic) bond motifs is 36. The topological polar surface area (TPSA) is 78.8 Å². The minimum atomic E-state index is 0.846. The molecule has 0 amide bonds. The van der Waals surface area contributed by atoms with Crippen molar-refractivity contribution in [2.24, 2.45) is 0 Å². The van der Waals surface area contributed by atoms with Gasteiger partial charge in [0.2, 0.25) is 0 Å². The summed E-state index contributed by atoms with van der Waals surface area (Å²) in [5, 5.41) is 28.2. The summed E-state index contributed by atoms with van der Waals surface area (Å²) in [5.74, 6) is 0. The molecule has 0 bridgehead atoms. The molecular formula is C100H64O6S14. The first-order chi connectivity index (χ1) is 58.3. The Hall–Kier alpha value is -9.56. The van der Waals surface area contributed by atoms with Crippen LogP contribution >= 0.6 is 159 Å². The number of thiophene rings is 14. The van der Waals surface area contributed by atoms with E-state index in [-0.39, 0.29) is 0 Å². The molecule has 0 spiro atoms. The third kappa shape index (κ3) is 11.2. The molecule has 0 aliphatic heterocycles. The summed E-state index contributed by atoms with van der Waals surface area (Å²) in [4.78, 5) is 15.8. The lowest BCUT2D eigenvalue weighted by molar-refractivity contribution is 0.656. The Bertz CT molecular complexity index is 8190. The number of hydrogen-bond donors (Lipinski definition) is 0. The van der Waals surface area contributed by atoms with Crippen LogP contribution < -0.4 is 0 Å². The summed E-state index contributed by atoms with van der Waals surface area (Å²) in [6.07, 6.45) is 0. The summed E-state index contributed by atoms with van der Waals surface area (Å²) < 4.78 is 55.4. The molecule has 0 atom stereocenters. The van der Waals surface area contributed by atoms with Crippen molar-refractivity contribution in [1.29, 1.82) is 0 Å². The van der Waals surface area contributed by atoms with E-state index in [1.165, 1.54) is 203 Å². The molecule has 0 saturated carbocycles. The second-order valence-corrected chi connectivity index (χ2v) is 47.0. The number of hydrogen-bond acceptors (Lipinski definition) is 20. The van der Waals surface area contributed by atoms with Gasteiger partial charge in [-0.05, 0) is 304 Å². The van der Waals surface area contributed by atoms with Crippen molar-refractivity contribution >= 4 is 368 Å². The summed E-state index contributed by atoms with van der Waals surface area (Å²) in [7, 11) is 0. The van der Waals surface area contributed by atoms with Crippen LogP contribution in [0.1, 0.15) is 64.0 Å². The Kier molecular flexibility index (Phi) is 16.4. The third-order valence-corrected chi connectivity index (χ3v) is 39.7. The van der Waals surface area contributed by atoms with E-state index < -0.39 is 0 Å². The maximum atomic E-state index is 6.54. The summed E-state index contributed by atoms with van der Waals surface area (Å²) in [6, 6.07) is 53.9. The predicted molar refractivity (Wildman–Crippen MR) is 538 cm³/mol. The highest BCUT2D eigenvalue weighted by atomic mass is 32.2. The van der Waals surface area contributed by atoms with E-state index in [9.17, 15) is 0 Å². The van der Waals surface area contributed by atoms with Gasteiger partial charge in [-0.25, -0.2) is 0 Å². The summed E-state index contributed by atoms with van der Waals surface area (Å²) >= 11 is 26.0. The smallest absolute Gasteiger partial charge is 0.182 e. The summed E-state index contributed by atoms with van der Waals surface area (Å²) in [6.45, 7) is 26.2. The van der Waals surface area contributed by atoms with E-state index in [1.807, 2.05) is 90.7 Å². The lowest BCUT2D eigenvalue weighted by Gasteiger charge is -1.99. The van der Waals surface area contributed by atoms with Gasteiger partial charge in [0.1, 0.15) is 22.3 Å². The van der Waals surface area contributed by atoms with Crippen LogP contribution in [0.4, 0.5) is 0 Å². The van der Waals surface area contributed by atoms with Gasteiger partial charge in [-0.15, -0.1) is 159 Å². The Morgan fingerprint density at radius 2 is 0.508 bits per heavy atom. The average Bonchev–Trinajstić information content (AvgIpc) is 1.57. The van der Waals surface area contributed by atoms with Gasteiger partial charge in [-0.1, -0.05) is 12.1 Å². The Morgan fingerprint density at radius 3 is 0.892 bits per heavy atom. The van der Waals surface area contributed by atoms with Gasteiger partial charge < -0.3 is 26.5 Å². The third-order valence-electron chi connectivity index (χ3n) is 23.2. The Morgan fingerprint density at radius 1 is 0.183 bits per heavy atom. The van der Waals surface area contributed by atoms with E-state index in [1.54, 1.807) is 68.0 Å². The molecule has 20 aromatic heterocycles. The van der Waals surface area contributed by atoms with Crippen LogP contribution in [0, 0.1) is 83.1 Å². The van der Waals surface area contributed by atoms with Crippen LogP contribution in [0.15, 0.2) is 194 Å². The van der Waals surface area contributed by atoms with Crippen molar-refractivity contribution < 1.29 is 26.5 Å². The molecule has 584 valence electrons. The monoisotopic (exact) mass is 1810 g/mol. The van der Waals surface area contributed by atoms with Crippen molar-refractivity contribution in [2.45, 2.75) is 83.1 Å². The molecule has 20 heteroatoms. The van der Waals surface area contributed by atoms with Gasteiger partial charge >= 0.3 is 0 Å². The lowest BCUT2D eigenvalue weighted by atomic mass is 10.1. The van der Waals surface area contributed by atoms with E-state index in [0.29, 0.717) is 0 Å². The average molecular weight is 1810 g/mol. The van der Waals surface area contributed by atoms with Crippen LogP contribution in [0.2, 0.25) is 0 Å². The zero-order chi connectivity index (χ0) is 80.6. The van der Waals surface area contributed by atoms with Crippen LogP contribution in [0.3, 0.4) is 0 Å². The fraction of sp³-hybridized carbons (Fsp3) is 0.120. The molecule has 0 radical (unpaired) electrons. The van der Waals surface area contributed by atoms with E-state index in [4.69, 9.17) is 26.5 Å². The first kappa shape index (κ1) is 73.2. The number of furan rings is 6. The van der Waals surface area contributed by atoms with E-state index in [2.05, 4.69) is 250 Å². The van der Waals surface area contributed by atoms with Crippen molar-refractivity contribution in [3.63, 3.8) is 0 Å². The summed E-state index contributed by atoms with van der Waals surface area (Å²) in [5.41, 5.74) is 21.3. The normalized spacial score (nSPS) is 12.5. The van der Waals surface area contributed by atoms with Gasteiger partial charge in [0.15, 0.2) is 44.7 Å². The van der Waals surface area contributed by atoms with Gasteiger partial charge in [0.25, 0.3) is 0 Å². The largest absolute Gasteiger partial charge is 0.451 e. The molecule has 0 N–H and O–H groups in total. The number of rotatable bonds is 4. The molecule has 120 heavy (non-hydrogen) atoms. The Balaban J connectivity index is 0.0000000893. The van der Waals surface area contributed by atoms with Gasteiger partial charge in [0, 0.05) is 110 Å². The quantitative estimate of drug-likeness (QED) is 0.175. The number of aryl methyl sites for hydroxylation is 12. The van der Waals surface area contributed by atoms with Gasteiger partial charge in [0.05, 0.1) is 69.9 Å². The molecule has 0 unspecified atom stereocenters. The van der Waals surface area contributed by atoms with Crippen LogP contribution in [0.5, 0.6) is 0 Å². The molecule has 8 aromatic carbocycles. The van der Waals surface area contributed by atoms with E-state index >= 15 is 0 Å².